The van der Waals surface area contributed by atoms with Crippen LogP contribution in [0.25, 0.3) is 6.08 Å². The highest BCUT2D eigenvalue weighted by Gasteiger charge is 2.13. The first-order valence-electron chi connectivity index (χ1n) is 10.5. The second-order valence-electron chi connectivity index (χ2n) is 6.90. The number of anilines is 1. The van der Waals surface area contributed by atoms with E-state index in [4.69, 9.17) is 23.7 Å². The number of rotatable bonds is 12. The smallest absolute Gasteiger partial charge is 0.325 e. The van der Waals surface area contributed by atoms with Crippen LogP contribution in [0.2, 0.25) is 0 Å². The second kappa shape index (κ2) is 13.5. The summed E-state index contributed by atoms with van der Waals surface area (Å²) in [4.78, 5) is 16.0. The minimum Gasteiger partial charge on any atom is -0.496 e. The van der Waals surface area contributed by atoms with Crippen molar-refractivity contribution in [1.82, 2.24) is 4.98 Å². The molecular weight excluding hydrogens is 460 g/mol. The van der Waals surface area contributed by atoms with Crippen molar-refractivity contribution in [2.24, 2.45) is 0 Å². The van der Waals surface area contributed by atoms with Gasteiger partial charge in [-0.2, -0.15) is 0 Å². The molecule has 1 aromatic carbocycles. The molecule has 1 heterocycles. The fraction of sp³-hybridized carbons (Fsp3) is 0.375. The molecule has 0 saturated heterocycles. The molecule has 9 nitrogen and oxygen atoms in total. The van der Waals surface area contributed by atoms with Crippen molar-refractivity contribution < 1.29 is 33.6 Å². The third-order valence-corrected chi connectivity index (χ3v) is 6.55. The van der Waals surface area contributed by atoms with Crippen molar-refractivity contribution in [1.29, 1.82) is 0 Å². The number of aliphatic hydroxyl groups excluding tert-OH is 1. The molecule has 10 heteroatoms. The number of ether oxygens (including phenoxy) is 5. The van der Waals surface area contributed by atoms with Crippen LogP contribution >= 0.6 is 10.5 Å². The summed E-state index contributed by atoms with van der Waals surface area (Å²) in [5.74, 6) is 2.26. The second-order valence-corrected chi connectivity index (χ2v) is 8.91. The Hall–Kier alpha value is -3.24. The van der Waals surface area contributed by atoms with Gasteiger partial charge in [0.05, 0.1) is 51.3 Å². The topological polar surface area (TPSA) is 108 Å². The van der Waals surface area contributed by atoms with Crippen LogP contribution in [0.3, 0.4) is 0 Å². The third kappa shape index (κ3) is 7.39. The molecule has 2 N–H and O–H groups in total. The maximum atomic E-state index is 11.7. The standard InChI is InChI=1S/C24H32N2O7S/c1-7-33-23(28)14-25-20-10-17(13-26-24(20)32-6)15-34(16(2)27)9-8-19-21(30-4)11-18(29-3)12-22(19)31-5/h8-13,25,27H,7,14-15H2,1-6H3/b9-8+. The molecule has 1 aromatic heterocycles. The number of carbonyl (C=O) groups excluding carboxylic acids is 1. The molecule has 2 aromatic rings. The molecule has 2 rings (SSSR count). The van der Waals surface area contributed by atoms with Gasteiger partial charge in [0, 0.05) is 24.1 Å². The molecular formula is C24H32N2O7S. The Morgan fingerprint density at radius 3 is 2.29 bits per heavy atom. The van der Waals surface area contributed by atoms with Crippen LogP contribution in [0, 0.1) is 0 Å². The number of carbonyl (C=O) groups is 1. The Balaban J connectivity index is 2.31. The van der Waals surface area contributed by atoms with Crippen LogP contribution in [0.4, 0.5) is 5.69 Å². The zero-order valence-corrected chi connectivity index (χ0v) is 21.2. The van der Waals surface area contributed by atoms with E-state index >= 15 is 0 Å². The molecule has 0 saturated carbocycles. The van der Waals surface area contributed by atoms with Gasteiger partial charge in [-0.15, -0.1) is 10.5 Å². The molecule has 0 fully saturated rings. The quantitative estimate of drug-likeness (QED) is 0.332. The number of pyridine rings is 1. The number of nitrogens with zero attached hydrogens (tertiary/aromatic N) is 1. The van der Waals surface area contributed by atoms with Gasteiger partial charge in [-0.3, -0.25) is 4.79 Å². The lowest BCUT2D eigenvalue weighted by Gasteiger charge is -2.14. The van der Waals surface area contributed by atoms with E-state index in [0.29, 0.717) is 41.2 Å². The first kappa shape index (κ1) is 27.0. The SMILES string of the molecule is CCOC(=O)CNc1cc(CS(/C=C/c2c(OC)cc(OC)cc2OC)=C(\C)O)cnc1OC. The van der Waals surface area contributed by atoms with E-state index in [2.05, 4.69) is 10.3 Å². The number of hydrogen-bond acceptors (Lipinski definition) is 8. The van der Waals surface area contributed by atoms with Crippen LogP contribution < -0.4 is 24.3 Å². The molecule has 186 valence electrons. The highest BCUT2D eigenvalue weighted by molar-refractivity contribution is 8.17. The van der Waals surface area contributed by atoms with Crippen molar-refractivity contribution in [2.45, 2.75) is 19.6 Å². The largest absolute Gasteiger partial charge is 0.496 e. The van der Waals surface area contributed by atoms with E-state index in [-0.39, 0.29) is 17.6 Å². The Bertz CT molecular complexity index is 1020. The summed E-state index contributed by atoms with van der Waals surface area (Å²) < 4.78 is 26.5. The summed E-state index contributed by atoms with van der Waals surface area (Å²) in [6.45, 7) is 3.70. The maximum absolute atomic E-state index is 11.7. The van der Waals surface area contributed by atoms with Gasteiger partial charge in [0.25, 0.3) is 0 Å². The minimum absolute atomic E-state index is 0.0108. The molecule has 0 spiro atoms. The molecule has 0 radical (unpaired) electrons. The van der Waals surface area contributed by atoms with Gasteiger partial charge in [0.1, 0.15) is 23.8 Å². The number of esters is 1. The lowest BCUT2D eigenvalue weighted by molar-refractivity contribution is -0.140. The van der Waals surface area contributed by atoms with Gasteiger partial charge < -0.3 is 34.1 Å². The lowest BCUT2D eigenvalue weighted by atomic mass is 10.1. The number of aromatic nitrogens is 1. The van der Waals surface area contributed by atoms with Crippen molar-refractivity contribution in [3.63, 3.8) is 0 Å². The Labute approximate surface area is 202 Å². The summed E-state index contributed by atoms with van der Waals surface area (Å²) >= 11 is 0. The molecule has 0 aliphatic heterocycles. The normalized spacial score (nSPS) is 12.1. The van der Waals surface area contributed by atoms with E-state index < -0.39 is 10.5 Å². The van der Waals surface area contributed by atoms with E-state index in [0.717, 1.165) is 11.1 Å². The first-order valence-corrected chi connectivity index (χ1v) is 11.9. The average molecular weight is 493 g/mol. The van der Waals surface area contributed by atoms with E-state index in [9.17, 15) is 9.90 Å². The van der Waals surface area contributed by atoms with Crippen LogP contribution in [0.1, 0.15) is 25.0 Å². The number of hydrogen-bond donors (Lipinski definition) is 2. The summed E-state index contributed by atoms with van der Waals surface area (Å²) in [7, 11) is 5.58. The van der Waals surface area contributed by atoms with Gasteiger partial charge in [0.15, 0.2) is 0 Å². The van der Waals surface area contributed by atoms with Gasteiger partial charge >= 0.3 is 5.97 Å². The number of benzene rings is 1. The predicted octanol–water partition coefficient (Wildman–Crippen LogP) is 4.24. The third-order valence-electron chi connectivity index (χ3n) is 4.68. The zero-order chi connectivity index (χ0) is 25.1. The van der Waals surface area contributed by atoms with E-state index in [1.807, 2.05) is 17.6 Å². The van der Waals surface area contributed by atoms with Crippen molar-refractivity contribution in [3.8, 4) is 23.1 Å². The molecule has 0 amide bonds. The van der Waals surface area contributed by atoms with Crippen LogP contribution in [-0.4, -0.2) is 62.7 Å². The number of aliphatic hydroxyl groups is 1. The monoisotopic (exact) mass is 492 g/mol. The molecule has 0 aliphatic rings. The van der Waals surface area contributed by atoms with Gasteiger partial charge in [-0.1, -0.05) is 0 Å². The Morgan fingerprint density at radius 1 is 1.09 bits per heavy atom. The Morgan fingerprint density at radius 2 is 1.76 bits per heavy atom. The van der Waals surface area contributed by atoms with Crippen LogP contribution in [-0.2, 0) is 15.3 Å². The molecule has 0 aliphatic carbocycles. The fourth-order valence-corrected chi connectivity index (χ4v) is 4.34. The number of nitrogens with one attached hydrogen (secondary N) is 1. The van der Waals surface area contributed by atoms with Gasteiger partial charge in [-0.05, 0) is 37.0 Å². The molecule has 0 bridgehead atoms. The fourth-order valence-electron chi connectivity index (χ4n) is 3.02. The summed E-state index contributed by atoms with van der Waals surface area (Å²) in [6.07, 6.45) is 3.54. The zero-order valence-electron chi connectivity index (χ0n) is 20.3. The maximum Gasteiger partial charge on any atom is 0.325 e. The number of methoxy groups -OCH3 is 4. The van der Waals surface area contributed by atoms with E-state index in [1.54, 1.807) is 53.5 Å². The van der Waals surface area contributed by atoms with Crippen LogP contribution in [0.5, 0.6) is 23.1 Å². The molecule has 1 unspecified atom stereocenters. The average Bonchev–Trinajstić information content (AvgIpc) is 2.84. The van der Waals surface area contributed by atoms with E-state index in [1.165, 1.54) is 7.11 Å². The summed E-state index contributed by atoms with van der Waals surface area (Å²) in [5, 5.41) is 15.5. The highest BCUT2D eigenvalue weighted by atomic mass is 32.2. The predicted molar refractivity (Wildman–Crippen MR) is 136 cm³/mol. The van der Waals surface area contributed by atoms with Gasteiger partial charge in [-0.25, -0.2) is 4.98 Å². The van der Waals surface area contributed by atoms with Crippen molar-refractivity contribution in [3.05, 3.63) is 40.9 Å². The van der Waals surface area contributed by atoms with Crippen LogP contribution in [0.15, 0.2) is 29.8 Å². The highest BCUT2D eigenvalue weighted by Crippen LogP contribution is 2.37. The molecule has 34 heavy (non-hydrogen) atoms. The summed E-state index contributed by atoms with van der Waals surface area (Å²) in [5.41, 5.74) is 2.14. The molecule has 1 atom stereocenters. The summed E-state index contributed by atoms with van der Waals surface area (Å²) in [6, 6.07) is 5.38. The van der Waals surface area contributed by atoms with Gasteiger partial charge in [0.2, 0.25) is 5.88 Å². The Kier molecular flexibility index (Phi) is 10.7. The first-order chi connectivity index (χ1) is 16.4. The van der Waals surface area contributed by atoms with Crippen molar-refractivity contribution >= 4 is 33.3 Å². The lowest BCUT2D eigenvalue weighted by Crippen LogP contribution is -2.17. The van der Waals surface area contributed by atoms with Crippen molar-refractivity contribution in [2.75, 3.05) is 46.9 Å². The minimum atomic E-state index is -0.639.